The van der Waals surface area contributed by atoms with Gasteiger partial charge in [-0.3, -0.25) is 4.90 Å². The molecule has 1 aliphatic heterocycles. The van der Waals surface area contributed by atoms with Crippen molar-refractivity contribution in [3.63, 3.8) is 0 Å². The maximum Gasteiger partial charge on any atom is 0.0583 e. The highest BCUT2D eigenvalue weighted by Crippen LogP contribution is 2.36. The molecule has 2 heteroatoms. The molecule has 0 aromatic carbocycles. The lowest BCUT2D eigenvalue weighted by molar-refractivity contribution is 0.0826. The van der Waals surface area contributed by atoms with Gasteiger partial charge in [-0.15, -0.1) is 0 Å². The lowest BCUT2D eigenvalue weighted by Crippen LogP contribution is -2.46. The molecule has 14 heavy (non-hydrogen) atoms. The third-order valence-electron chi connectivity index (χ3n) is 3.49. The molecule has 1 rings (SSSR count). The second-order valence-corrected chi connectivity index (χ2v) is 7.22. The minimum absolute atomic E-state index is 0.0584. The van der Waals surface area contributed by atoms with Crippen molar-refractivity contribution >= 4 is 12.6 Å². The molecule has 84 valence electrons. The number of rotatable bonds is 1. The predicted molar refractivity (Wildman–Crippen MR) is 66.8 cm³/mol. The summed E-state index contributed by atoms with van der Waals surface area (Å²) in [5.41, 5.74) is 0.479. The maximum absolute atomic E-state index is 4.63. The quantitative estimate of drug-likeness (QED) is 0.656. The van der Waals surface area contributed by atoms with Crippen LogP contribution in [0.2, 0.25) is 0 Å². The molecule has 0 unspecified atom stereocenters. The molecule has 0 saturated carbocycles. The smallest absolute Gasteiger partial charge is 0.0583 e. The second kappa shape index (κ2) is 4.05. The van der Waals surface area contributed by atoms with Crippen LogP contribution in [-0.2, 0) is 0 Å². The normalized spacial score (nSPS) is 22.7. The van der Waals surface area contributed by atoms with E-state index in [1.54, 1.807) is 0 Å². The largest absolute Gasteiger partial charge is 0.290 e. The minimum atomic E-state index is 0.0584. The number of likely N-dealkylation sites (tertiary alicyclic amines) is 1. The first-order chi connectivity index (χ1) is 6.21. The molecular formula is C12H25NS. The summed E-state index contributed by atoms with van der Waals surface area (Å²) in [6, 6.07) is 0. The van der Waals surface area contributed by atoms with E-state index in [0.717, 1.165) is 5.92 Å². The number of hydrogen-bond acceptors (Lipinski definition) is 2. The molecule has 0 atom stereocenters. The summed E-state index contributed by atoms with van der Waals surface area (Å²) in [5, 5.41) is 0. The Hall–Kier alpha value is 0.310. The van der Waals surface area contributed by atoms with Crippen molar-refractivity contribution in [1.29, 1.82) is 0 Å². The van der Waals surface area contributed by atoms with E-state index < -0.39 is 0 Å². The molecule has 0 radical (unpaired) electrons. The van der Waals surface area contributed by atoms with Gasteiger partial charge in [0.1, 0.15) is 0 Å². The molecule has 1 heterocycles. The first-order valence-corrected chi connectivity index (χ1v) is 6.13. The molecule has 1 fully saturated rings. The summed E-state index contributed by atoms with van der Waals surface area (Å²) in [6.07, 6.45) is 2.65. The van der Waals surface area contributed by atoms with Crippen LogP contribution in [0.3, 0.4) is 0 Å². The Balaban J connectivity index is 2.47. The van der Waals surface area contributed by atoms with Gasteiger partial charge in [-0.05, 0) is 51.1 Å². The van der Waals surface area contributed by atoms with Gasteiger partial charge in [-0.25, -0.2) is 0 Å². The van der Waals surface area contributed by atoms with E-state index in [0.29, 0.717) is 5.41 Å². The summed E-state index contributed by atoms with van der Waals surface area (Å²) < 4.78 is 0. The second-order valence-electron chi connectivity index (χ2n) is 6.12. The van der Waals surface area contributed by atoms with Gasteiger partial charge in [0.2, 0.25) is 0 Å². The van der Waals surface area contributed by atoms with Crippen LogP contribution >= 0.6 is 12.6 Å². The Labute approximate surface area is 94.7 Å². The lowest BCUT2D eigenvalue weighted by atomic mass is 9.75. The summed E-state index contributed by atoms with van der Waals surface area (Å²) in [4.78, 5) is 2.54. The number of piperidine rings is 1. The van der Waals surface area contributed by atoms with E-state index >= 15 is 0 Å². The van der Waals surface area contributed by atoms with E-state index in [1.165, 1.54) is 25.9 Å². The van der Waals surface area contributed by atoms with Crippen molar-refractivity contribution in [2.45, 2.75) is 52.3 Å². The molecule has 0 bridgehead atoms. The fourth-order valence-electron chi connectivity index (χ4n) is 2.29. The number of nitrogens with zero attached hydrogens (tertiary/aromatic N) is 1. The van der Waals surface area contributed by atoms with Gasteiger partial charge in [-0.1, -0.05) is 20.8 Å². The predicted octanol–water partition coefficient (Wildman–Crippen LogP) is 3.41. The molecule has 1 nitrogen and oxygen atoms in total. The van der Waals surface area contributed by atoms with Gasteiger partial charge < -0.3 is 0 Å². The van der Waals surface area contributed by atoms with Crippen LogP contribution in [0.4, 0.5) is 0 Å². The van der Waals surface area contributed by atoms with Crippen LogP contribution in [0.5, 0.6) is 0 Å². The van der Waals surface area contributed by atoms with E-state index in [1.807, 2.05) is 0 Å². The molecule has 0 spiro atoms. The Morgan fingerprint density at radius 2 is 1.43 bits per heavy atom. The Morgan fingerprint density at radius 1 is 1.00 bits per heavy atom. The number of thiol groups is 1. The van der Waals surface area contributed by atoms with Crippen molar-refractivity contribution in [2.24, 2.45) is 11.3 Å². The number of hydrogen-bond donors (Lipinski definition) is 1. The zero-order valence-electron chi connectivity index (χ0n) is 10.3. The molecule has 0 N–H and O–H groups in total. The first kappa shape index (κ1) is 12.4. The Kier molecular flexibility index (Phi) is 3.58. The fourth-order valence-corrected chi connectivity index (χ4v) is 2.49. The van der Waals surface area contributed by atoms with Crippen LogP contribution in [0.25, 0.3) is 0 Å². The van der Waals surface area contributed by atoms with Crippen LogP contribution < -0.4 is 0 Å². The van der Waals surface area contributed by atoms with E-state index in [9.17, 15) is 0 Å². The first-order valence-electron chi connectivity index (χ1n) is 5.68. The average molecular weight is 215 g/mol. The van der Waals surface area contributed by atoms with Gasteiger partial charge in [0.05, 0.1) is 4.87 Å². The minimum Gasteiger partial charge on any atom is -0.290 e. The third-order valence-corrected chi connectivity index (χ3v) is 3.78. The van der Waals surface area contributed by atoms with Gasteiger partial charge >= 0.3 is 0 Å². The fraction of sp³-hybridized carbons (Fsp3) is 1.00. The van der Waals surface area contributed by atoms with Crippen molar-refractivity contribution in [3.8, 4) is 0 Å². The van der Waals surface area contributed by atoms with Crippen molar-refractivity contribution in [3.05, 3.63) is 0 Å². The van der Waals surface area contributed by atoms with Gasteiger partial charge in [0.25, 0.3) is 0 Å². The van der Waals surface area contributed by atoms with Crippen molar-refractivity contribution in [1.82, 2.24) is 4.90 Å². The zero-order valence-corrected chi connectivity index (χ0v) is 11.2. The molecular weight excluding hydrogens is 190 g/mol. The van der Waals surface area contributed by atoms with E-state index in [4.69, 9.17) is 0 Å². The summed E-state index contributed by atoms with van der Waals surface area (Å²) in [6.45, 7) is 13.9. The topological polar surface area (TPSA) is 3.24 Å². The monoisotopic (exact) mass is 215 g/mol. The van der Waals surface area contributed by atoms with Crippen LogP contribution in [0.15, 0.2) is 0 Å². The lowest BCUT2D eigenvalue weighted by Gasteiger charge is -2.43. The van der Waals surface area contributed by atoms with Crippen molar-refractivity contribution in [2.75, 3.05) is 13.1 Å². The van der Waals surface area contributed by atoms with Gasteiger partial charge in [0.15, 0.2) is 0 Å². The van der Waals surface area contributed by atoms with Crippen LogP contribution in [0, 0.1) is 11.3 Å². The van der Waals surface area contributed by atoms with Crippen molar-refractivity contribution < 1.29 is 0 Å². The average Bonchev–Trinajstić information content (AvgIpc) is 2.01. The summed E-state index contributed by atoms with van der Waals surface area (Å²) in [7, 11) is 0. The SMILES string of the molecule is CC(C)(C)C1CCN(C(C)(C)S)CC1. The molecule has 0 aliphatic carbocycles. The Bertz CT molecular complexity index is 157. The molecule has 1 aliphatic rings. The summed E-state index contributed by atoms with van der Waals surface area (Å²) >= 11 is 4.63. The highest BCUT2D eigenvalue weighted by atomic mass is 32.1. The maximum atomic E-state index is 4.63. The molecule has 0 aromatic rings. The van der Waals surface area contributed by atoms with E-state index in [-0.39, 0.29) is 4.87 Å². The molecule has 1 saturated heterocycles. The molecule has 0 amide bonds. The van der Waals surface area contributed by atoms with Gasteiger partial charge in [0, 0.05) is 0 Å². The third kappa shape index (κ3) is 3.16. The van der Waals surface area contributed by atoms with Gasteiger partial charge in [-0.2, -0.15) is 12.6 Å². The van der Waals surface area contributed by atoms with Crippen LogP contribution in [0.1, 0.15) is 47.5 Å². The Morgan fingerprint density at radius 3 is 1.71 bits per heavy atom. The van der Waals surface area contributed by atoms with E-state index in [2.05, 4.69) is 52.1 Å². The zero-order chi connectivity index (χ0) is 11.0. The standard InChI is InChI=1S/C12H25NS/c1-11(2,3)10-6-8-13(9-7-10)12(4,5)14/h10,14H,6-9H2,1-5H3. The highest BCUT2D eigenvalue weighted by Gasteiger charge is 2.32. The molecule has 0 aromatic heterocycles. The van der Waals surface area contributed by atoms with Crippen LogP contribution in [-0.4, -0.2) is 22.9 Å². The summed E-state index contributed by atoms with van der Waals surface area (Å²) in [5.74, 6) is 0.884. The highest BCUT2D eigenvalue weighted by molar-refractivity contribution is 7.81.